The van der Waals surface area contributed by atoms with E-state index in [9.17, 15) is 13.2 Å². The van der Waals surface area contributed by atoms with Crippen LogP contribution in [0.5, 0.6) is 0 Å². The lowest BCUT2D eigenvalue weighted by Gasteiger charge is -2.15. The molecule has 0 aliphatic carbocycles. The van der Waals surface area contributed by atoms with E-state index in [1.165, 1.54) is 12.5 Å². The minimum Gasteiger partial charge on any atom is -0.312 e. The van der Waals surface area contributed by atoms with Crippen LogP contribution in [0.25, 0.3) is 0 Å². The van der Waals surface area contributed by atoms with Crippen LogP contribution in [0.4, 0.5) is 5.69 Å². The van der Waals surface area contributed by atoms with Gasteiger partial charge >= 0.3 is 0 Å². The molecule has 0 aromatic heterocycles. The molecule has 5 nitrogen and oxygen atoms in total. The maximum Gasteiger partial charge on any atom is 0.240 e. The monoisotopic (exact) mass is 358 g/mol. The molecule has 3 rings (SSSR count). The van der Waals surface area contributed by atoms with Crippen LogP contribution in [-0.2, 0) is 27.7 Å². The third-order valence-corrected chi connectivity index (χ3v) is 5.92. The predicted molar refractivity (Wildman–Crippen MR) is 98.2 cm³/mol. The van der Waals surface area contributed by atoms with Gasteiger partial charge in [0.1, 0.15) is 0 Å². The zero-order chi connectivity index (χ0) is 18.0. The second kappa shape index (κ2) is 6.98. The molecule has 132 valence electrons. The molecule has 1 aliphatic heterocycles. The zero-order valence-corrected chi connectivity index (χ0v) is 15.3. The molecule has 25 heavy (non-hydrogen) atoms. The highest BCUT2D eigenvalue weighted by molar-refractivity contribution is 7.89. The fourth-order valence-electron chi connectivity index (χ4n) is 3.04. The summed E-state index contributed by atoms with van der Waals surface area (Å²) in [5.41, 5.74) is 3.99. The largest absolute Gasteiger partial charge is 0.312 e. The van der Waals surface area contributed by atoms with Gasteiger partial charge in [0, 0.05) is 25.7 Å². The first-order valence-electron chi connectivity index (χ1n) is 8.33. The van der Waals surface area contributed by atoms with E-state index in [-0.39, 0.29) is 10.8 Å². The Bertz CT molecular complexity index is 889. The molecule has 1 aliphatic rings. The highest BCUT2D eigenvalue weighted by Gasteiger charge is 2.24. The van der Waals surface area contributed by atoms with E-state index in [1.54, 1.807) is 23.1 Å². The van der Waals surface area contributed by atoms with Gasteiger partial charge in [-0.3, -0.25) is 4.79 Å². The van der Waals surface area contributed by atoms with Gasteiger partial charge in [-0.1, -0.05) is 29.8 Å². The molecular weight excluding hydrogens is 336 g/mol. The summed E-state index contributed by atoms with van der Waals surface area (Å²) in [5, 5.41) is 0. The van der Waals surface area contributed by atoms with Gasteiger partial charge in [-0.05, 0) is 49.1 Å². The Hall–Kier alpha value is -2.18. The second-order valence-electron chi connectivity index (χ2n) is 6.34. The smallest absolute Gasteiger partial charge is 0.240 e. The molecule has 0 spiro atoms. The summed E-state index contributed by atoms with van der Waals surface area (Å²) in [7, 11) is -3.55. The highest BCUT2D eigenvalue weighted by atomic mass is 32.2. The average molecular weight is 358 g/mol. The van der Waals surface area contributed by atoms with Gasteiger partial charge in [0.05, 0.1) is 4.90 Å². The highest BCUT2D eigenvalue weighted by Crippen LogP contribution is 2.30. The van der Waals surface area contributed by atoms with E-state index in [0.29, 0.717) is 25.9 Å². The first-order chi connectivity index (χ1) is 11.9. The van der Waals surface area contributed by atoms with Gasteiger partial charge in [-0.25, -0.2) is 13.1 Å². The van der Waals surface area contributed by atoms with Gasteiger partial charge in [0.25, 0.3) is 0 Å². The van der Waals surface area contributed by atoms with Crippen molar-refractivity contribution < 1.29 is 13.2 Å². The summed E-state index contributed by atoms with van der Waals surface area (Å²) in [6.45, 7) is 4.50. The number of rotatable bonds is 5. The zero-order valence-electron chi connectivity index (χ0n) is 14.5. The summed E-state index contributed by atoms with van der Waals surface area (Å²) in [6.07, 6.45) is 1.32. The molecule has 6 heteroatoms. The molecule has 0 saturated heterocycles. The Labute approximate surface area is 148 Å². The van der Waals surface area contributed by atoms with Crippen molar-refractivity contribution in [3.63, 3.8) is 0 Å². The van der Waals surface area contributed by atoms with E-state index < -0.39 is 10.0 Å². The van der Waals surface area contributed by atoms with Crippen molar-refractivity contribution in [2.45, 2.75) is 31.6 Å². The molecule has 0 radical (unpaired) electrons. The number of sulfonamides is 1. The quantitative estimate of drug-likeness (QED) is 0.893. The Kier molecular flexibility index (Phi) is 4.92. The summed E-state index contributed by atoms with van der Waals surface area (Å²) < 4.78 is 27.7. The molecule has 0 saturated carbocycles. The molecule has 0 unspecified atom stereocenters. The first kappa shape index (κ1) is 17.6. The van der Waals surface area contributed by atoms with Crippen molar-refractivity contribution in [3.05, 3.63) is 59.2 Å². The van der Waals surface area contributed by atoms with Crippen LogP contribution in [0.3, 0.4) is 0 Å². The van der Waals surface area contributed by atoms with Gasteiger partial charge in [-0.15, -0.1) is 0 Å². The summed E-state index contributed by atoms with van der Waals surface area (Å²) in [4.78, 5) is 13.5. The van der Waals surface area contributed by atoms with E-state index in [1.807, 2.05) is 31.2 Å². The van der Waals surface area contributed by atoms with Crippen LogP contribution >= 0.6 is 0 Å². The number of anilines is 1. The first-order valence-corrected chi connectivity index (χ1v) is 9.81. The van der Waals surface area contributed by atoms with Crippen molar-refractivity contribution in [1.82, 2.24) is 4.72 Å². The van der Waals surface area contributed by atoms with Crippen LogP contribution in [0.15, 0.2) is 47.4 Å². The molecule has 2 aromatic carbocycles. The number of nitrogens with one attached hydrogen (secondary N) is 1. The molecule has 0 fully saturated rings. The van der Waals surface area contributed by atoms with Crippen molar-refractivity contribution in [3.8, 4) is 0 Å². The molecule has 2 aromatic rings. The van der Waals surface area contributed by atoms with Gasteiger partial charge < -0.3 is 4.90 Å². The Morgan fingerprint density at radius 3 is 2.56 bits per heavy atom. The van der Waals surface area contributed by atoms with Crippen molar-refractivity contribution >= 4 is 21.6 Å². The SMILES string of the molecule is CC(=O)N1CCc2cc(S(=O)(=O)NCCc3ccc(C)cc3)ccc21. The number of fused-ring (bicyclic) bond motifs is 1. The van der Waals surface area contributed by atoms with E-state index in [0.717, 1.165) is 16.8 Å². The maximum absolute atomic E-state index is 12.5. The molecule has 1 heterocycles. The van der Waals surface area contributed by atoms with E-state index in [2.05, 4.69) is 4.72 Å². The third kappa shape index (κ3) is 3.91. The second-order valence-corrected chi connectivity index (χ2v) is 8.11. The van der Waals surface area contributed by atoms with Gasteiger partial charge in [-0.2, -0.15) is 0 Å². The average Bonchev–Trinajstić information content (AvgIpc) is 3.00. The number of hydrogen-bond acceptors (Lipinski definition) is 3. The number of carbonyl (C=O) groups is 1. The number of carbonyl (C=O) groups excluding carboxylic acids is 1. The molecule has 0 atom stereocenters. The fourth-order valence-corrected chi connectivity index (χ4v) is 4.12. The van der Waals surface area contributed by atoms with Crippen LogP contribution in [-0.4, -0.2) is 27.4 Å². The normalized spacial score (nSPS) is 13.8. The van der Waals surface area contributed by atoms with Gasteiger partial charge in [0.2, 0.25) is 15.9 Å². The Balaban J connectivity index is 1.68. The number of nitrogens with zero attached hydrogens (tertiary/aromatic N) is 1. The lowest BCUT2D eigenvalue weighted by molar-refractivity contribution is -0.116. The van der Waals surface area contributed by atoms with Crippen molar-refractivity contribution in [2.75, 3.05) is 18.0 Å². The Morgan fingerprint density at radius 2 is 1.88 bits per heavy atom. The fraction of sp³-hybridized carbons (Fsp3) is 0.316. The standard InChI is InChI=1S/C19H22N2O3S/c1-14-3-5-16(6-4-14)9-11-20-25(23,24)18-7-8-19-17(13-18)10-12-21(19)15(2)22/h3-8,13,20H,9-12H2,1-2H3. The van der Waals surface area contributed by atoms with Crippen LogP contribution in [0.1, 0.15) is 23.6 Å². The van der Waals surface area contributed by atoms with Crippen molar-refractivity contribution in [2.24, 2.45) is 0 Å². The maximum atomic E-state index is 12.5. The minimum absolute atomic E-state index is 0.0226. The minimum atomic E-state index is -3.55. The molecule has 1 N–H and O–H groups in total. The summed E-state index contributed by atoms with van der Waals surface area (Å²) in [5.74, 6) is -0.0226. The topological polar surface area (TPSA) is 66.5 Å². The summed E-state index contributed by atoms with van der Waals surface area (Å²) in [6, 6.07) is 13.0. The number of aryl methyl sites for hydroxylation is 1. The van der Waals surface area contributed by atoms with E-state index >= 15 is 0 Å². The van der Waals surface area contributed by atoms with Crippen LogP contribution in [0, 0.1) is 6.92 Å². The lowest BCUT2D eigenvalue weighted by atomic mass is 10.1. The summed E-state index contributed by atoms with van der Waals surface area (Å²) >= 11 is 0. The predicted octanol–water partition coefficient (Wildman–Crippen LogP) is 2.43. The van der Waals surface area contributed by atoms with E-state index in [4.69, 9.17) is 0 Å². The van der Waals surface area contributed by atoms with Gasteiger partial charge in [0.15, 0.2) is 0 Å². The third-order valence-electron chi connectivity index (χ3n) is 4.46. The number of benzene rings is 2. The lowest BCUT2D eigenvalue weighted by Crippen LogP contribution is -2.26. The molecular formula is C19H22N2O3S. The Morgan fingerprint density at radius 1 is 1.16 bits per heavy atom. The molecule has 1 amide bonds. The number of hydrogen-bond donors (Lipinski definition) is 1. The van der Waals surface area contributed by atoms with Crippen molar-refractivity contribution in [1.29, 1.82) is 0 Å². The van der Waals surface area contributed by atoms with Crippen LogP contribution < -0.4 is 9.62 Å². The van der Waals surface area contributed by atoms with Crippen LogP contribution in [0.2, 0.25) is 0 Å². The number of amides is 1. The molecule has 0 bridgehead atoms.